The molecule has 0 heterocycles. The molecular weight excluding hydrogens is 247 g/mol. The first kappa shape index (κ1) is 15.7. The van der Waals surface area contributed by atoms with E-state index in [1.54, 1.807) is 0 Å². The van der Waals surface area contributed by atoms with Crippen LogP contribution in [-0.4, -0.2) is 45.7 Å². The number of rotatable bonds is 11. The van der Waals surface area contributed by atoms with Gasteiger partial charge in [-0.1, -0.05) is 0 Å². The average molecular weight is 269 g/mol. The second-order valence-electron chi connectivity index (χ2n) is 4.64. The summed E-state index contributed by atoms with van der Waals surface area (Å²) in [5, 5.41) is 3.15. The predicted octanol–water partition coefficient (Wildman–Crippen LogP) is 2.36. The van der Waals surface area contributed by atoms with E-state index >= 15 is 0 Å². The van der Waals surface area contributed by atoms with E-state index in [2.05, 4.69) is 10.1 Å². The van der Waals surface area contributed by atoms with Crippen molar-refractivity contribution in [3.05, 3.63) is 0 Å². The Morgan fingerprint density at radius 2 is 1.61 bits per heavy atom. The molecule has 108 valence electrons. The van der Waals surface area contributed by atoms with Gasteiger partial charge in [-0.3, -0.25) is 0 Å². The Morgan fingerprint density at radius 1 is 1.00 bits per heavy atom. The Bertz CT molecular complexity index is 208. The zero-order chi connectivity index (χ0) is 13.3. The molecule has 0 saturated heterocycles. The summed E-state index contributed by atoms with van der Waals surface area (Å²) in [7, 11) is 0. The van der Waals surface area contributed by atoms with Crippen LogP contribution in [0.25, 0.3) is 0 Å². The molecule has 0 aliphatic heterocycles. The van der Waals surface area contributed by atoms with Crippen molar-refractivity contribution in [3.8, 4) is 0 Å². The van der Waals surface area contributed by atoms with E-state index in [-0.39, 0.29) is 6.61 Å². The fourth-order valence-electron chi connectivity index (χ4n) is 1.45. The first-order valence-corrected chi connectivity index (χ1v) is 6.51. The largest absolute Gasteiger partial charge is 0.411 e. The van der Waals surface area contributed by atoms with Crippen molar-refractivity contribution in [3.63, 3.8) is 0 Å². The number of hydrogen-bond donors (Lipinski definition) is 1. The van der Waals surface area contributed by atoms with Crippen LogP contribution >= 0.6 is 0 Å². The van der Waals surface area contributed by atoms with Gasteiger partial charge in [-0.25, -0.2) is 0 Å². The van der Waals surface area contributed by atoms with E-state index in [0.29, 0.717) is 13.0 Å². The molecule has 0 aromatic rings. The third kappa shape index (κ3) is 10.8. The van der Waals surface area contributed by atoms with Crippen LogP contribution in [0.1, 0.15) is 25.7 Å². The van der Waals surface area contributed by atoms with E-state index in [9.17, 15) is 13.2 Å². The van der Waals surface area contributed by atoms with Gasteiger partial charge in [-0.2, -0.15) is 13.2 Å². The van der Waals surface area contributed by atoms with Gasteiger partial charge in [0.25, 0.3) is 0 Å². The monoisotopic (exact) mass is 269 g/mol. The molecule has 0 aromatic carbocycles. The van der Waals surface area contributed by atoms with Gasteiger partial charge in [0.05, 0.1) is 0 Å². The lowest BCUT2D eigenvalue weighted by Gasteiger charge is -2.08. The van der Waals surface area contributed by atoms with Gasteiger partial charge in [0.1, 0.15) is 6.61 Å². The van der Waals surface area contributed by atoms with Crippen LogP contribution < -0.4 is 5.32 Å². The lowest BCUT2D eigenvalue weighted by molar-refractivity contribution is -0.173. The average Bonchev–Trinajstić information content (AvgIpc) is 3.08. The second kappa shape index (κ2) is 8.72. The Balaban J connectivity index is 1.67. The van der Waals surface area contributed by atoms with Gasteiger partial charge in [-0.15, -0.1) is 0 Å². The van der Waals surface area contributed by atoms with Gasteiger partial charge in [0.2, 0.25) is 0 Å². The van der Waals surface area contributed by atoms with Crippen molar-refractivity contribution >= 4 is 0 Å². The number of nitrogens with one attached hydrogen (secondary N) is 1. The van der Waals surface area contributed by atoms with Gasteiger partial charge in [0.15, 0.2) is 0 Å². The van der Waals surface area contributed by atoms with E-state index in [0.717, 1.165) is 32.1 Å². The maximum atomic E-state index is 11.7. The summed E-state index contributed by atoms with van der Waals surface area (Å²) in [6.45, 7) is 2.15. The molecule has 0 atom stereocenters. The standard InChI is InChI=1S/C12H22F3NO2/c13-12(14,15)10-18-8-2-6-16-5-1-7-17-9-11-3-4-11/h11,16H,1-10H2. The summed E-state index contributed by atoms with van der Waals surface area (Å²) in [6.07, 6.45) is -0.0756. The number of alkyl halides is 3. The molecule has 0 spiro atoms. The van der Waals surface area contributed by atoms with Gasteiger partial charge in [-0.05, 0) is 44.7 Å². The Kier molecular flexibility index (Phi) is 7.62. The summed E-state index contributed by atoms with van der Waals surface area (Å²) in [5.41, 5.74) is 0. The summed E-state index contributed by atoms with van der Waals surface area (Å²) in [5.74, 6) is 0.795. The summed E-state index contributed by atoms with van der Waals surface area (Å²) < 4.78 is 45.1. The molecule has 1 saturated carbocycles. The molecule has 6 heteroatoms. The van der Waals surface area contributed by atoms with Crippen LogP contribution in [0.2, 0.25) is 0 Å². The quantitative estimate of drug-likeness (QED) is 0.584. The van der Waals surface area contributed by atoms with Crippen molar-refractivity contribution in [1.29, 1.82) is 0 Å². The third-order valence-corrected chi connectivity index (χ3v) is 2.60. The van der Waals surface area contributed by atoms with E-state index in [1.807, 2.05) is 0 Å². The lowest BCUT2D eigenvalue weighted by Crippen LogP contribution is -2.21. The Hall–Kier alpha value is -0.330. The second-order valence-corrected chi connectivity index (χ2v) is 4.64. The molecule has 1 aliphatic carbocycles. The van der Waals surface area contributed by atoms with E-state index in [4.69, 9.17) is 4.74 Å². The number of hydrogen-bond acceptors (Lipinski definition) is 3. The summed E-state index contributed by atoms with van der Waals surface area (Å²) in [4.78, 5) is 0. The summed E-state index contributed by atoms with van der Waals surface area (Å²) >= 11 is 0. The maximum Gasteiger partial charge on any atom is 0.411 e. The highest BCUT2D eigenvalue weighted by Gasteiger charge is 2.27. The van der Waals surface area contributed by atoms with Crippen molar-refractivity contribution in [2.24, 2.45) is 5.92 Å². The minimum Gasteiger partial charge on any atom is -0.381 e. The first-order chi connectivity index (χ1) is 8.58. The van der Waals surface area contributed by atoms with Crippen molar-refractivity contribution in [2.75, 3.05) is 39.5 Å². The highest BCUT2D eigenvalue weighted by atomic mass is 19.4. The van der Waals surface area contributed by atoms with E-state index in [1.165, 1.54) is 12.8 Å². The molecule has 1 N–H and O–H groups in total. The topological polar surface area (TPSA) is 30.5 Å². The highest BCUT2D eigenvalue weighted by molar-refractivity contribution is 4.71. The minimum absolute atomic E-state index is 0.144. The van der Waals surface area contributed by atoms with Crippen LogP contribution in [0.4, 0.5) is 13.2 Å². The molecule has 0 unspecified atom stereocenters. The molecule has 1 rings (SSSR count). The Morgan fingerprint density at radius 3 is 2.17 bits per heavy atom. The normalized spacial score (nSPS) is 16.2. The SMILES string of the molecule is FC(F)(F)COCCCNCCCOCC1CC1. The smallest absolute Gasteiger partial charge is 0.381 e. The molecule has 18 heavy (non-hydrogen) atoms. The fourth-order valence-corrected chi connectivity index (χ4v) is 1.45. The van der Waals surface area contributed by atoms with Crippen LogP contribution in [0, 0.1) is 5.92 Å². The number of halogens is 3. The fraction of sp³-hybridized carbons (Fsp3) is 1.00. The van der Waals surface area contributed by atoms with Crippen LogP contribution in [0.3, 0.4) is 0 Å². The predicted molar refractivity (Wildman–Crippen MR) is 62.5 cm³/mol. The molecule has 0 amide bonds. The molecule has 3 nitrogen and oxygen atoms in total. The van der Waals surface area contributed by atoms with Crippen LogP contribution in [-0.2, 0) is 9.47 Å². The van der Waals surface area contributed by atoms with Crippen molar-refractivity contribution in [1.82, 2.24) is 5.32 Å². The molecule has 0 bridgehead atoms. The van der Waals surface area contributed by atoms with Gasteiger partial charge in [0, 0.05) is 19.8 Å². The summed E-state index contributed by atoms with van der Waals surface area (Å²) in [6, 6.07) is 0. The minimum atomic E-state index is -4.22. The molecule has 0 aromatic heterocycles. The maximum absolute atomic E-state index is 11.7. The highest BCUT2D eigenvalue weighted by Crippen LogP contribution is 2.28. The van der Waals surface area contributed by atoms with Crippen LogP contribution in [0.15, 0.2) is 0 Å². The number of ether oxygens (including phenoxy) is 2. The van der Waals surface area contributed by atoms with Gasteiger partial charge >= 0.3 is 6.18 Å². The molecule has 1 fully saturated rings. The third-order valence-electron chi connectivity index (χ3n) is 2.60. The van der Waals surface area contributed by atoms with Crippen molar-refractivity contribution < 1.29 is 22.6 Å². The van der Waals surface area contributed by atoms with Crippen LogP contribution in [0.5, 0.6) is 0 Å². The zero-order valence-electron chi connectivity index (χ0n) is 10.6. The molecule has 1 aliphatic rings. The van der Waals surface area contributed by atoms with E-state index < -0.39 is 12.8 Å². The zero-order valence-corrected chi connectivity index (χ0v) is 10.6. The molecule has 0 radical (unpaired) electrons. The lowest BCUT2D eigenvalue weighted by atomic mass is 10.4. The Labute approximate surface area is 106 Å². The van der Waals surface area contributed by atoms with Crippen molar-refractivity contribution in [2.45, 2.75) is 31.9 Å². The van der Waals surface area contributed by atoms with Gasteiger partial charge < -0.3 is 14.8 Å². The first-order valence-electron chi connectivity index (χ1n) is 6.51. The molecular formula is C12H22F3NO2.